The number of nitrogens with zero attached hydrogens (tertiary/aromatic N) is 2. The van der Waals surface area contributed by atoms with Crippen LogP contribution in [-0.2, 0) is 19.6 Å². The van der Waals surface area contributed by atoms with Gasteiger partial charge >= 0.3 is 0 Å². The van der Waals surface area contributed by atoms with Crippen molar-refractivity contribution in [1.82, 2.24) is 9.78 Å². The summed E-state index contributed by atoms with van der Waals surface area (Å²) in [6.07, 6.45) is 0.945. The van der Waals surface area contributed by atoms with Gasteiger partial charge in [-0.25, -0.2) is 0 Å². The SMILES string of the molecule is CCc1cc(COc2cccc([C@H](C)N)c2)n(CC)n1. The second-order valence-electron chi connectivity index (χ2n) is 4.95. The summed E-state index contributed by atoms with van der Waals surface area (Å²) in [5, 5.41) is 4.52. The van der Waals surface area contributed by atoms with Crippen LogP contribution in [0.5, 0.6) is 5.75 Å². The van der Waals surface area contributed by atoms with Crippen LogP contribution in [0.2, 0.25) is 0 Å². The van der Waals surface area contributed by atoms with E-state index in [-0.39, 0.29) is 6.04 Å². The summed E-state index contributed by atoms with van der Waals surface area (Å²) < 4.78 is 7.86. The Kier molecular flexibility index (Phi) is 4.79. The number of nitrogens with two attached hydrogens (primary N) is 1. The Labute approximate surface area is 120 Å². The van der Waals surface area contributed by atoms with E-state index in [9.17, 15) is 0 Å². The number of hydrogen-bond acceptors (Lipinski definition) is 3. The van der Waals surface area contributed by atoms with Gasteiger partial charge in [-0.05, 0) is 44.0 Å². The van der Waals surface area contributed by atoms with Crippen molar-refractivity contribution in [2.45, 2.75) is 46.4 Å². The number of hydrogen-bond donors (Lipinski definition) is 1. The molecule has 0 unspecified atom stereocenters. The van der Waals surface area contributed by atoms with E-state index >= 15 is 0 Å². The van der Waals surface area contributed by atoms with Crippen LogP contribution in [0.25, 0.3) is 0 Å². The van der Waals surface area contributed by atoms with E-state index in [1.165, 1.54) is 0 Å². The van der Waals surface area contributed by atoms with Crippen molar-refractivity contribution in [2.75, 3.05) is 0 Å². The molecular weight excluding hydrogens is 250 g/mol. The molecule has 4 heteroatoms. The predicted octanol–water partition coefficient (Wildman–Crippen LogP) is 3.06. The largest absolute Gasteiger partial charge is 0.487 e. The molecule has 1 aromatic carbocycles. The zero-order valence-corrected chi connectivity index (χ0v) is 12.5. The lowest BCUT2D eigenvalue weighted by atomic mass is 10.1. The second kappa shape index (κ2) is 6.57. The minimum Gasteiger partial charge on any atom is -0.487 e. The van der Waals surface area contributed by atoms with Crippen molar-refractivity contribution in [1.29, 1.82) is 0 Å². The molecule has 1 aromatic heterocycles. The lowest BCUT2D eigenvalue weighted by Crippen LogP contribution is -2.07. The second-order valence-corrected chi connectivity index (χ2v) is 4.95. The predicted molar refractivity (Wildman–Crippen MR) is 80.7 cm³/mol. The average Bonchev–Trinajstić information content (AvgIpc) is 2.88. The third-order valence-corrected chi connectivity index (χ3v) is 3.35. The van der Waals surface area contributed by atoms with Crippen molar-refractivity contribution in [2.24, 2.45) is 5.73 Å². The fourth-order valence-corrected chi connectivity index (χ4v) is 2.12. The quantitative estimate of drug-likeness (QED) is 0.880. The molecule has 2 rings (SSSR count). The van der Waals surface area contributed by atoms with Crippen molar-refractivity contribution in [3.8, 4) is 5.75 Å². The third kappa shape index (κ3) is 3.39. The first-order valence-electron chi connectivity index (χ1n) is 7.18. The summed E-state index contributed by atoms with van der Waals surface area (Å²) in [6.45, 7) is 7.56. The molecular formula is C16H23N3O. The zero-order valence-electron chi connectivity index (χ0n) is 12.5. The summed E-state index contributed by atoms with van der Waals surface area (Å²) in [5.74, 6) is 0.849. The Hall–Kier alpha value is -1.81. The molecule has 0 saturated heterocycles. The summed E-state index contributed by atoms with van der Waals surface area (Å²) in [5.41, 5.74) is 9.18. The molecule has 0 saturated carbocycles. The number of aromatic nitrogens is 2. The van der Waals surface area contributed by atoms with Crippen LogP contribution in [0.4, 0.5) is 0 Å². The maximum absolute atomic E-state index is 5.89. The van der Waals surface area contributed by atoms with Gasteiger partial charge in [0.15, 0.2) is 0 Å². The zero-order chi connectivity index (χ0) is 14.5. The lowest BCUT2D eigenvalue weighted by Gasteiger charge is -2.10. The number of aryl methyl sites for hydroxylation is 2. The van der Waals surface area contributed by atoms with E-state index in [1.54, 1.807) is 0 Å². The number of rotatable bonds is 6. The summed E-state index contributed by atoms with van der Waals surface area (Å²) >= 11 is 0. The maximum atomic E-state index is 5.89. The van der Waals surface area contributed by atoms with Crippen molar-refractivity contribution in [3.63, 3.8) is 0 Å². The highest BCUT2D eigenvalue weighted by molar-refractivity contribution is 5.30. The first kappa shape index (κ1) is 14.6. The van der Waals surface area contributed by atoms with Crippen LogP contribution in [0, 0.1) is 0 Å². The molecule has 1 atom stereocenters. The van der Waals surface area contributed by atoms with Gasteiger partial charge in [0.25, 0.3) is 0 Å². The van der Waals surface area contributed by atoms with E-state index < -0.39 is 0 Å². The Balaban J connectivity index is 2.08. The van der Waals surface area contributed by atoms with Crippen LogP contribution in [0.15, 0.2) is 30.3 Å². The average molecular weight is 273 g/mol. The van der Waals surface area contributed by atoms with Crippen molar-refractivity contribution in [3.05, 3.63) is 47.3 Å². The Bertz CT molecular complexity index is 561. The number of benzene rings is 1. The smallest absolute Gasteiger partial charge is 0.130 e. The first-order chi connectivity index (χ1) is 9.63. The molecule has 0 aliphatic rings. The summed E-state index contributed by atoms with van der Waals surface area (Å²) in [4.78, 5) is 0. The van der Waals surface area contributed by atoms with Crippen LogP contribution >= 0.6 is 0 Å². The van der Waals surface area contributed by atoms with Gasteiger partial charge in [-0.15, -0.1) is 0 Å². The highest BCUT2D eigenvalue weighted by atomic mass is 16.5. The lowest BCUT2D eigenvalue weighted by molar-refractivity contribution is 0.292. The monoisotopic (exact) mass is 273 g/mol. The Morgan fingerprint density at radius 2 is 2.10 bits per heavy atom. The standard InChI is InChI=1S/C16H23N3O/c1-4-14-10-15(19(5-2)18-14)11-20-16-8-6-7-13(9-16)12(3)17/h6-10,12H,4-5,11,17H2,1-3H3/t12-/m0/s1. The van der Waals surface area contributed by atoms with Crippen molar-refractivity contribution < 1.29 is 4.74 Å². The van der Waals surface area contributed by atoms with Gasteiger partial charge in [-0.1, -0.05) is 19.1 Å². The first-order valence-corrected chi connectivity index (χ1v) is 7.18. The summed E-state index contributed by atoms with van der Waals surface area (Å²) in [7, 11) is 0. The minimum atomic E-state index is 0.0198. The van der Waals surface area contributed by atoms with Gasteiger partial charge in [-0.3, -0.25) is 4.68 Å². The highest BCUT2D eigenvalue weighted by Crippen LogP contribution is 2.19. The molecule has 2 aromatic rings. The molecule has 20 heavy (non-hydrogen) atoms. The van der Waals surface area contributed by atoms with Crippen LogP contribution in [0.3, 0.4) is 0 Å². The molecule has 1 heterocycles. The minimum absolute atomic E-state index is 0.0198. The molecule has 0 radical (unpaired) electrons. The van der Waals surface area contributed by atoms with E-state index in [1.807, 2.05) is 35.9 Å². The molecule has 0 fully saturated rings. The molecule has 0 aliphatic heterocycles. The molecule has 0 bridgehead atoms. The number of ether oxygens (including phenoxy) is 1. The topological polar surface area (TPSA) is 53.1 Å². The molecule has 0 aliphatic carbocycles. The highest BCUT2D eigenvalue weighted by Gasteiger charge is 2.07. The summed E-state index contributed by atoms with van der Waals surface area (Å²) in [6, 6.07) is 10.1. The fraction of sp³-hybridized carbons (Fsp3) is 0.438. The molecule has 0 amide bonds. The van der Waals surface area contributed by atoms with E-state index in [0.29, 0.717) is 6.61 Å². The van der Waals surface area contributed by atoms with Crippen LogP contribution in [0.1, 0.15) is 43.8 Å². The van der Waals surface area contributed by atoms with Gasteiger partial charge in [0.05, 0.1) is 11.4 Å². The molecule has 108 valence electrons. The van der Waals surface area contributed by atoms with Gasteiger partial charge in [-0.2, -0.15) is 5.10 Å². The molecule has 4 nitrogen and oxygen atoms in total. The maximum Gasteiger partial charge on any atom is 0.130 e. The normalized spacial score (nSPS) is 12.4. The van der Waals surface area contributed by atoms with Crippen LogP contribution < -0.4 is 10.5 Å². The van der Waals surface area contributed by atoms with Gasteiger partial charge in [0.2, 0.25) is 0 Å². The van der Waals surface area contributed by atoms with Gasteiger partial charge in [0.1, 0.15) is 12.4 Å². The Morgan fingerprint density at radius 3 is 2.75 bits per heavy atom. The van der Waals surface area contributed by atoms with Gasteiger partial charge < -0.3 is 10.5 Å². The van der Waals surface area contributed by atoms with Gasteiger partial charge in [0, 0.05) is 12.6 Å². The third-order valence-electron chi connectivity index (χ3n) is 3.35. The van der Waals surface area contributed by atoms with Crippen molar-refractivity contribution >= 4 is 0 Å². The molecule has 0 spiro atoms. The molecule has 2 N–H and O–H groups in total. The van der Waals surface area contributed by atoms with Crippen LogP contribution in [-0.4, -0.2) is 9.78 Å². The van der Waals surface area contributed by atoms with E-state index in [0.717, 1.165) is 35.7 Å². The van der Waals surface area contributed by atoms with E-state index in [4.69, 9.17) is 10.5 Å². The Morgan fingerprint density at radius 1 is 1.30 bits per heavy atom. The van der Waals surface area contributed by atoms with E-state index in [2.05, 4.69) is 25.0 Å². The fourth-order valence-electron chi connectivity index (χ4n) is 2.12.